The molecule has 1 unspecified atom stereocenters. The number of aromatic nitrogens is 1. The van der Waals surface area contributed by atoms with E-state index in [0.29, 0.717) is 23.5 Å². The molecule has 1 aromatic rings. The van der Waals surface area contributed by atoms with Gasteiger partial charge in [0.1, 0.15) is 6.07 Å². The molecule has 4 N–H and O–H groups in total. The van der Waals surface area contributed by atoms with E-state index in [1.54, 1.807) is 12.3 Å². The third-order valence-electron chi connectivity index (χ3n) is 2.97. The Labute approximate surface area is 101 Å². The van der Waals surface area contributed by atoms with Gasteiger partial charge in [-0.25, -0.2) is 4.98 Å². The van der Waals surface area contributed by atoms with Crippen LogP contribution in [0.5, 0.6) is 0 Å². The topological polar surface area (TPSA) is 95.0 Å². The number of aliphatic hydroxyl groups is 1. The van der Waals surface area contributed by atoms with E-state index in [9.17, 15) is 0 Å². The first-order chi connectivity index (χ1) is 8.06. The summed E-state index contributed by atoms with van der Waals surface area (Å²) in [5, 5.41) is 21.1. The third kappa shape index (κ3) is 3.08. The highest BCUT2D eigenvalue weighted by atomic mass is 16.3. The Bertz CT molecular complexity index is 427. The van der Waals surface area contributed by atoms with Crippen molar-refractivity contribution >= 4 is 11.5 Å². The Morgan fingerprint density at radius 2 is 2.35 bits per heavy atom. The van der Waals surface area contributed by atoms with Crippen LogP contribution < -0.4 is 11.1 Å². The molecule has 0 aliphatic heterocycles. The number of hydrogen-bond acceptors (Lipinski definition) is 5. The summed E-state index contributed by atoms with van der Waals surface area (Å²) in [4.78, 5) is 4.13. The monoisotopic (exact) mass is 234 g/mol. The van der Waals surface area contributed by atoms with E-state index in [1.807, 2.05) is 19.9 Å². The van der Waals surface area contributed by atoms with Crippen molar-refractivity contribution in [2.75, 3.05) is 17.7 Å². The molecule has 0 amide bonds. The molecule has 1 atom stereocenters. The molecular weight excluding hydrogens is 216 g/mol. The van der Waals surface area contributed by atoms with E-state index in [0.717, 1.165) is 6.42 Å². The molecule has 5 nitrogen and oxygen atoms in total. The maximum Gasteiger partial charge on any atom is 0.150 e. The van der Waals surface area contributed by atoms with Crippen LogP contribution in [0.1, 0.15) is 32.3 Å². The molecule has 1 heterocycles. The Morgan fingerprint density at radius 1 is 1.65 bits per heavy atom. The minimum Gasteiger partial charge on any atom is -0.396 e. The minimum absolute atomic E-state index is 0.0924. The van der Waals surface area contributed by atoms with Gasteiger partial charge in [-0.15, -0.1) is 0 Å². The van der Waals surface area contributed by atoms with Crippen molar-refractivity contribution in [1.29, 1.82) is 5.26 Å². The fourth-order valence-corrected chi connectivity index (χ4v) is 1.53. The lowest BCUT2D eigenvalue weighted by Gasteiger charge is -2.30. The average Bonchev–Trinajstić information content (AvgIpc) is 2.32. The van der Waals surface area contributed by atoms with Crippen LogP contribution in [0.4, 0.5) is 11.5 Å². The van der Waals surface area contributed by atoms with Gasteiger partial charge in [0.15, 0.2) is 5.82 Å². The van der Waals surface area contributed by atoms with Crippen LogP contribution in [-0.4, -0.2) is 22.2 Å². The van der Waals surface area contributed by atoms with Crippen LogP contribution in [0.15, 0.2) is 12.3 Å². The normalized spacial score (nSPS) is 13.8. The second-order valence-electron chi connectivity index (χ2n) is 4.25. The van der Waals surface area contributed by atoms with Crippen molar-refractivity contribution < 1.29 is 5.11 Å². The largest absolute Gasteiger partial charge is 0.396 e. The summed E-state index contributed by atoms with van der Waals surface area (Å²) >= 11 is 0. The smallest absolute Gasteiger partial charge is 0.150 e. The molecular formula is C12H18N4O. The highest BCUT2D eigenvalue weighted by Gasteiger charge is 2.22. The van der Waals surface area contributed by atoms with Crippen LogP contribution in [0.2, 0.25) is 0 Å². The predicted octanol–water partition coefficient (Wildman–Crippen LogP) is 1.50. The molecule has 92 valence electrons. The van der Waals surface area contributed by atoms with Gasteiger partial charge in [-0.2, -0.15) is 5.26 Å². The molecule has 0 spiro atoms. The first kappa shape index (κ1) is 13.3. The van der Waals surface area contributed by atoms with Crippen LogP contribution >= 0.6 is 0 Å². The lowest BCUT2D eigenvalue weighted by atomic mass is 9.95. The quantitative estimate of drug-likeness (QED) is 0.717. The van der Waals surface area contributed by atoms with Gasteiger partial charge in [0.05, 0.1) is 11.3 Å². The molecule has 0 saturated heterocycles. The molecule has 0 radical (unpaired) electrons. The SMILES string of the molecule is CCC(C)(CCO)Nc1nccc(C#N)c1N. The highest BCUT2D eigenvalue weighted by molar-refractivity contribution is 5.69. The van der Waals surface area contributed by atoms with E-state index in [1.165, 1.54) is 0 Å². The molecule has 0 bridgehead atoms. The molecule has 0 fully saturated rings. The average molecular weight is 234 g/mol. The standard InChI is InChI=1S/C12H18N4O/c1-3-12(2,5-7-17)16-11-10(14)9(8-13)4-6-15-11/h4,6,17H,3,5,7,14H2,1-2H3,(H,15,16). The maximum atomic E-state index is 9.04. The summed E-state index contributed by atoms with van der Waals surface area (Å²) in [5.74, 6) is 0.502. The first-order valence-corrected chi connectivity index (χ1v) is 5.60. The van der Waals surface area contributed by atoms with Crippen molar-refractivity contribution in [3.63, 3.8) is 0 Å². The van der Waals surface area contributed by atoms with Gasteiger partial charge in [-0.3, -0.25) is 0 Å². The molecule has 0 saturated carbocycles. The first-order valence-electron chi connectivity index (χ1n) is 5.60. The Kier molecular flexibility index (Phi) is 4.30. The van der Waals surface area contributed by atoms with E-state index in [4.69, 9.17) is 16.1 Å². The number of nitrogens with one attached hydrogen (secondary N) is 1. The zero-order valence-electron chi connectivity index (χ0n) is 10.2. The molecule has 0 aromatic carbocycles. The number of nitrogen functional groups attached to an aromatic ring is 1. The van der Waals surface area contributed by atoms with Crippen molar-refractivity contribution in [1.82, 2.24) is 4.98 Å². The van der Waals surface area contributed by atoms with Crippen LogP contribution in [-0.2, 0) is 0 Å². The number of nitrogens with two attached hydrogens (primary N) is 1. The molecule has 0 aliphatic carbocycles. The number of hydrogen-bond donors (Lipinski definition) is 3. The number of rotatable bonds is 5. The van der Waals surface area contributed by atoms with Crippen molar-refractivity contribution in [2.45, 2.75) is 32.2 Å². The summed E-state index contributed by atoms with van der Waals surface area (Å²) in [7, 11) is 0. The Hall–Kier alpha value is -1.80. The van der Waals surface area contributed by atoms with Crippen molar-refractivity contribution in [3.05, 3.63) is 17.8 Å². The molecule has 17 heavy (non-hydrogen) atoms. The second-order valence-corrected chi connectivity index (χ2v) is 4.25. The molecule has 5 heteroatoms. The lowest BCUT2D eigenvalue weighted by molar-refractivity contribution is 0.252. The minimum atomic E-state index is -0.274. The summed E-state index contributed by atoms with van der Waals surface area (Å²) in [6.07, 6.45) is 2.97. The van der Waals surface area contributed by atoms with Crippen LogP contribution in [0.3, 0.4) is 0 Å². The van der Waals surface area contributed by atoms with E-state index >= 15 is 0 Å². The lowest BCUT2D eigenvalue weighted by Crippen LogP contribution is -2.35. The molecule has 1 aromatic heterocycles. The summed E-state index contributed by atoms with van der Waals surface area (Å²) in [5.41, 5.74) is 6.33. The van der Waals surface area contributed by atoms with Gasteiger partial charge in [-0.05, 0) is 25.8 Å². The number of anilines is 2. The van der Waals surface area contributed by atoms with Crippen molar-refractivity contribution in [2.24, 2.45) is 0 Å². The summed E-state index contributed by atoms with van der Waals surface area (Å²) in [6.45, 7) is 4.10. The van der Waals surface area contributed by atoms with E-state index in [2.05, 4.69) is 10.3 Å². The number of pyridine rings is 1. The highest BCUT2D eigenvalue weighted by Crippen LogP contribution is 2.26. The maximum absolute atomic E-state index is 9.04. The zero-order chi connectivity index (χ0) is 12.9. The van der Waals surface area contributed by atoms with Gasteiger partial charge >= 0.3 is 0 Å². The fourth-order valence-electron chi connectivity index (χ4n) is 1.53. The van der Waals surface area contributed by atoms with Crippen LogP contribution in [0.25, 0.3) is 0 Å². The number of aliphatic hydroxyl groups excluding tert-OH is 1. The second kappa shape index (κ2) is 5.51. The van der Waals surface area contributed by atoms with Gasteiger partial charge in [0.2, 0.25) is 0 Å². The summed E-state index contributed by atoms with van der Waals surface area (Å²) < 4.78 is 0. The fraction of sp³-hybridized carbons (Fsp3) is 0.500. The number of nitriles is 1. The molecule has 1 rings (SSSR count). The van der Waals surface area contributed by atoms with Gasteiger partial charge < -0.3 is 16.2 Å². The van der Waals surface area contributed by atoms with Crippen molar-refractivity contribution in [3.8, 4) is 6.07 Å². The van der Waals surface area contributed by atoms with Gasteiger partial charge in [0.25, 0.3) is 0 Å². The van der Waals surface area contributed by atoms with Gasteiger partial charge in [-0.1, -0.05) is 6.92 Å². The number of nitrogens with zero attached hydrogens (tertiary/aromatic N) is 2. The van der Waals surface area contributed by atoms with Gasteiger partial charge in [0, 0.05) is 18.3 Å². The zero-order valence-corrected chi connectivity index (χ0v) is 10.2. The Morgan fingerprint density at radius 3 is 2.88 bits per heavy atom. The Balaban J connectivity index is 2.99. The predicted molar refractivity (Wildman–Crippen MR) is 67.4 cm³/mol. The third-order valence-corrected chi connectivity index (χ3v) is 2.97. The van der Waals surface area contributed by atoms with E-state index in [-0.39, 0.29) is 12.1 Å². The summed E-state index contributed by atoms with van der Waals surface area (Å²) in [6, 6.07) is 3.60. The van der Waals surface area contributed by atoms with Crippen LogP contribution in [0, 0.1) is 11.3 Å². The molecule has 0 aliphatic rings. The van der Waals surface area contributed by atoms with E-state index < -0.39 is 0 Å².